The summed E-state index contributed by atoms with van der Waals surface area (Å²) in [5, 5.41) is 4.38. The highest BCUT2D eigenvalue weighted by Gasteiger charge is 2.37. The highest BCUT2D eigenvalue weighted by Crippen LogP contribution is 2.44. The first-order valence-corrected chi connectivity index (χ1v) is 7.48. The summed E-state index contributed by atoms with van der Waals surface area (Å²) in [5.41, 5.74) is 1.63. The summed E-state index contributed by atoms with van der Waals surface area (Å²) in [7, 11) is 1.73. The number of benzene rings is 1. The van der Waals surface area contributed by atoms with Crippen LogP contribution in [-0.4, -0.2) is 19.7 Å². The third-order valence-corrected chi connectivity index (χ3v) is 4.34. The zero-order chi connectivity index (χ0) is 13.9. The number of halogens is 1. The molecule has 1 aromatic rings. The molecule has 0 bridgehead atoms. The molecule has 0 radical (unpaired) electrons. The van der Waals surface area contributed by atoms with Crippen LogP contribution in [0.15, 0.2) is 18.2 Å². The molecule has 0 aliphatic heterocycles. The predicted octanol–water partition coefficient (Wildman–Crippen LogP) is 4.06. The maximum Gasteiger partial charge on any atom is 0.122 e. The van der Waals surface area contributed by atoms with Gasteiger partial charge in [0, 0.05) is 17.6 Å². The monoisotopic (exact) mass is 281 g/mol. The molecule has 1 aliphatic carbocycles. The average molecular weight is 282 g/mol. The Morgan fingerprint density at radius 1 is 1.37 bits per heavy atom. The normalized spacial score (nSPS) is 17.3. The van der Waals surface area contributed by atoms with Gasteiger partial charge in [-0.1, -0.05) is 31.9 Å². The molecule has 0 unspecified atom stereocenters. The van der Waals surface area contributed by atoms with E-state index in [4.69, 9.17) is 16.3 Å². The average Bonchev–Trinajstić information content (AvgIpc) is 2.32. The minimum atomic E-state index is 0.391. The van der Waals surface area contributed by atoms with Crippen molar-refractivity contribution in [1.82, 2.24) is 5.32 Å². The predicted molar refractivity (Wildman–Crippen MR) is 81.1 cm³/mol. The molecule has 0 saturated heterocycles. The fourth-order valence-electron chi connectivity index (χ4n) is 2.80. The lowest BCUT2D eigenvalue weighted by molar-refractivity contribution is 0.125. The number of ether oxygens (including phenoxy) is 1. The van der Waals surface area contributed by atoms with Gasteiger partial charge in [-0.15, -0.1) is 0 Å². The van der Waals surface area contributed by atoms with Crippen molar-refractivity contribution in [2.24, 2.45) is 5.41 Å². The minimum absolute atomic E-state index is 0.391. The van der Waals surface area contributed by atoms with E-state index in [1.54, 1.807) is 7.11 Å². The lowest BCUT2D eigenvalue weighted by Gasteiger charge is -2.43. The molecular formula is C16H24ClNO. The van der Waals surface area contributed by atoms with Crippen LogP contribution in [-0.2, 0) is 6.42 Å². The molecule has 1 saturated carbocycles. The van der Waals surface area contributed by atoms with Crippen molar-refractivity contribution in [3.8, 4) is 5.75 Å². The number of nitrogens with one attached hydrogen (secondary N) is 1. The Balaban J connectivity index is 2.11. The zero-order valence-electron chi connectivity index (χ0n) is 12.1. The number of methoxy groups -OCH3 is 1. The molecular weight excluding hydrogens is 258 g/mol. The molecule has 0 spiro atoms. The van der Waals surface area contributed by atoms with Crippen LogP contribution >= 0.6 is 11.6 Å². The zero-order valence-corrected chi connectivity index (χ0v) is 12.9. The van der Waals surface area contributed by atoms with Gasteiger partial charge in [0.2, 0.25) is 0 Å². The summed E-state index contributed by atoms with van der Waals surface area (Å²) in [6.07, 6.45) is 4.98. The molecule has 0 aromatic heterocycles. The van der Waals surface area contributed by atoms with Crippen LogP contribution in [0.25, 0.3) is 0 Å². The van der Waals surface area contributed by atoms with E-state index < -0.39 is 0 Å². The van der Waals surface area contributed by atoms with Crippen LogP contribution in [0.2, 0.25) is 5.02 Å². The quantitative estimate of drug-likeness (QED) is 0.849. The van der Waals surface area contributed by atoms with Gasteiger partial charge in [-0.25, -0.2) is 0 Å². The third-order valence-electron chi connectivity index (χ3n) is 4.11. The summed E-state index contributed by atoms with van der Waals surface area (Å²) >= 11 is 6.12. The van der Waals surface area contributed by atoms with E-state index in [0.717, 1.165) is 23.7 Å². The van der Waals surface area contributed by atoms with Crippen LogP contribution < -0.4 is 10.1 Å². The molecule has 0 atom stereocenters. The first-order valence-electron chi connectivity index (χ1n) is 7.10. The van der Waals surface area contributed by atoms with E-state index in [9.17, 15) is 0 Å². The Hall–Kier alpha value is -0.730. The summed E-state index contributed by atoms with van der Waals surface area (Å²) in [6, 6.07) is 6.46. The largest absolute Gasteiger partial charge is 0.496 e. The van der Waals surface area contributed by atoms with E-state index in [1.165, 1.54) is 24.8 Å². The second kappa shape index (κ2) is 6.15. The van der Waals surface area contributed by atoms with Gasteiger partial charge in [-0.3, -0.25) is 0 Å². The summed E-state index contributed by atoms with van der Waals surface area (Å²) < 4.78 is 5.46. The molecule has 1 N–H and O–H groups in total. The fraction of sp³-hybridized carbons (Fsp3) is 0.625. The Morgan fingerprint density at radius 3 is 2.63 bits per heavy atom. The van der Waals surface area contributed by atoms with E-state index >= 15 is 0 Å². The van der Waals surface area contributed by atoms with E-state index in [2.05, 4.69) is 25.2 Å². The van der Waals surface area contributed by atoms with Gasteiger partial charge in [-0.2, -0.15) is 0 Å². The van der Waals surface area contributed by atoms with Gasteiger partial charge >= 0.3 is 0 Å². The Bertz CT molecular complexity index is 427. The van der Waals surface area contributed by atoms with Crippen LogP contribution in [0.5, 0.6) is 5.75 Å². The Morgan fingerprint density at radius 2 is 2.11 bits per heavy atom. The molecule has 0 amide bonds. The fourth-order valence-corrected chi connectivity index (χ4v) is 3.00. The first-order chi connectivity index (χ1) is 9.04. The molecule has 106 valence electrons. The van der Waals surface area contributed by atoms with Gasteiger partial charge in [0.15, 0.2) is 0 Å². The molecule has 19 heavy (non-hydrogen) atoms. The van der Waals surface area contributed by atoms with Crippen molar-refractivity contribution in [3.63, 3.8) is 0 Å². The Kier molecular flexibility index (Phi) is 4.75. The van der Waals surface area contributed by atoms with Gasteiger partial charge < -0.3 is 10.1 Å². The van der Waals surface area contributed by atoms with Crippen molar-refractivity contribution in [1.29, 1.82) is 0 Å². The van der Waals surface area contributed by atoms with Crippen molar-refractivity contribution >= 4 is 11.6 Å². The van der Waals surface area contributed by atoms with Crippen LogP contribution in [0.3, 0.4) is 0 Å². The van der Waals surface area contributed by atoms with E-state index in [-0.39, 0.29) is 0 Å². The van der Waals surface area contributed by atoms with Crippen LogP contribution in [0, 0.1) is 5.41 Å². The smallest absolute Gasteiger partial charge is 0.122 e. The molecule has 1 aliphatic rings. The van der Waals surface area contributed by atoms with Crippen LogP contribution in [0.4, 0.5) is 0 Å². The highest BCUT2D eigenvalue weighted by atomic mass is 35.5. The topological polar surface area (TPSA) is 21.3 Å². The van der Waals surface area contributed by atoms with E-state index in [1.807, 2.05) is 12.1 Å². The summed E-state index contributed by atoms with van der Waals surface area (Å²) in [6.45, 7) is 5.49. The number of hydrogen-bond donors (Lipinski definition) is 1. The van der Waals surface area contributed by atoms with Crippen molar-refractivity contribution in [3.05, 3.63) is 28.8 Å². The standard InChI is InChI=1S/C16H24ClNO/c1-12(2)18-11-16(7-4-8-16)10-13-9-14(17)5-6-15(13)19-3/h5-6,9,12,18H,4,7-8,10-11H2,1-3H3. The summed E-state index contributed by atoms with van der Waals surface area (Å²) in [5.74, 6) is 0.959. The molecule has 2 rings (SSSR count). The Labute approximate surface area is 121 Å². The third kappa shape index (κ3) is 3.64. The lowest BCUT2D eigenvalue weighted by Crippen LogP contribution is -2.43. The molecule has 0 heterocycles. The maximum absolute atomic E-state index is 6.12. The van der Waals surface area contributed by atoms with E-state index in [0.29, 0.717) is 11.5 Å². The van der Waals surface area contributed by atoms with Gasteiger partial charge in [0.1, 0.15) is 5.75 Å². The van der Waals surface area contributed by atoms with Gasteiger partial charge in [0.25, 0.3) is 0 Å². The van der Waals surface area contributed by atoms with Crippen LogP contribution in [0.1, 0.15) is 38.7 Å². The maximum atomic E-state index is 6.12. The molecule has 1 fully saturated rings. The number of rotatable bonds is 6. The first kappa shape index (κ1) is 14.7. The second-order valence-corrected chi connectivity index (χ2v) is 6.46. The van der Waals surface area contributed by atoms with Crippen molar-refractivity contribution < 1.29 is 4.74 Å². The van der Waals surface area contributed by atoms with Gasteiger partial charge in [0.05, 0.1) is 7.11 Å². The van der Waals surface area contributed by atoms with Crippen molar-refractivity contribution in [2.75, 3.05) is 13.7 Å². The second-order valence-electron chi connectivity index (χ2n) is 6.02. The summed E-state index contributed by atoms with van der Waals surface area (Å²) in [4.78, 5) is 0. The molecule has 2 nitrogen and oxygen atoms in total. The van der Waals surface area contributed by atoms with Gasteiger partial charge in [-0.05, 0) is 48.4 Å². The minimum Gasteiger partial charge on any atom is -0.496 e. The molecule has 3 heteroatoms. The SMILES string of the molecule is COc1ccc(Cl)cc1CC1(CNC(C)C)CCC1. The van der Waals surface area contributed by atoms with Crippen molar-refractivity contribution in [2.45, 2.75) is 45.6 Å². The highest BCUT2D eigenvalue weighted by molar-refractivity contribution is 6.30. The molecule has 1 aromatic carbocycles. The number of hydrogen-bond acceptors (Lipinski definition) is 2. The lowest BCUT2D eigenvalue weighted by atomic mass is 9.65.